The fourth-order valence-electron chi connectivity index (χ4n) is 2.32. The summed E-state index contributed by atoms with van der Waals surface area (Å²) in [6.07, 6.45) is 0.836. The van der Waals surface area contributed by atoms with Gasteiger partial charge in [-0.05, 0) is 36.8 Å². The molecule has 6 nitrogen and oxygen atoms in total. The molecule has 140 valence electrons. The van der Waals surface area contributed by atoms with E-state index in [0.717, 1.165) is 11.4 Å². The van der Waals surface area contributed by atoms with Crippen LogP contribution in [0.25, 0.3) is 0 Å². The number of aryl methyl sites for hydroxylation is 1. The first-order valence-electron chi connectivity index (χ1n) is 8.26. The minimum Gasteiger partial charge on any atom is -0.456 e. The molecule has 3 rings (SSSR count). The molecule has 1 aromatic heterocycles. The van der Waals surface area contributed by atoms with Crippen molar-refractivity contribution in [2.75, 3.05) is 4.72 Å². The van der Waals surface area contributed by atoms with Gasteiger partial charge in [0.1, 0.15) is 6.61 Å². The molecule has 0 aliphatic rings. The summed E-state index contributed by atoms with van der Waals surface area (Å²) in [5.74, 6) is -0.540. The van der Waals surface area contributed by atoms with Crippen molar-refractivity contribution in [2.24, 2.45) is 0 Å². The molecule has 3 aromatic rings. The molecule has 27 heavy (non-hydrogen) atoms. The number of esters is 1. The molecule has 0 saturated carbocycles. The number of nitrogens with zero attached hydrogens (tertiary/aromatic N) is 1. The van der Waals surface area contributed by atoms with Crippen molar-refractivity contribution in [2.45, 2.75) is 24.8 Å². The Morgan fingerprint density at radius 1 is 1.15 bits per heavy atom. The van der Waals surface area contributed by atoms with Gasteiger partial charge in [0.05, 0.1) is 21.2 Å². The van der Waals surface area contributed by atoms with Crippen LogP contribution in [0.2, 0.25) is 0 Å². The van der Waals surface area contributed by atoms with Crippen LogP contribution in [0.1, 0.15) is 28.0 Å². The Labute approximate surface area is 161 Å². The summed E-state index contributed by atoms with van der Waals surface area (Å²) in [5.41, 5.74) is 1.25. The number of rotatable bonds is 7. The van der Waals surface area contributed by atoms with Crippen LogP contribution in [-0.4, -0.2) is 19.4 Å². The molecule has 0 bridgehead atoms. The van der Waals surface area contributed by atoms with Gasteiger partial charge in [-0.2, -0.15) is 0 Å². The van der Waals surface area contributed by atoms with Crippen molar-refractivity contribution in [3.8, 4) is 0 Å². The van der Waals surface area contributed by atoms with Gasteiger partial charge in [0, 0.05) is 11.1 Å². The van der Waals surface area contributed by atoms with Crippen LogP contribution in [0.3, 0.4) is 0 Å². The Balaban J connectivity index is 1.68. The first kappa shape index (κ1) is 19.1. The van der Waals surface area contributed by atoms with E-state index in [1.807, 2.05) is 12.3 Å². The van der Waals surface area contributed by atoms with Gasteiger partial charge in [-0.3, -0.25) is 4.72 Å². The molecule has 1 heterocycles. The van der Waals surface area contributed by atoms with Crippen LogP contribution in [0.5, 0.6) is 0 Å². The predicted octanol–water partition coefficient (Wildman–Crippen LogP) is 3.86. The van der Waals surface area contributed by atoms with Crippen LogP contribution in [0, 0.1) is 0 Å². The van der Waals surface area contributed by atoms with Gasteiger partial charge >= 0.3 is 5.97 Å². The van der Waals surface area contributed by atoms with Gasteiger partial charge < -0.3 is 4.74 Å². The molecule has 0 amide bonds. The number of ether oxygens (including phenoxy) is 1. The number of benzene rings is 2. The summed E-state index contributed by atoms with van der Waals surface area (Å²) < 4.78 is 32.5. The fraction of sp³-hybridized carbons (Fsp3) is 0.158. The quantitative estimate of drug-likeness (QED) is 0.607. The highest BCUT2D eigenvalue weighted by atomic mass is 32.2. The molecule has 0 aliphatic carbocycles. The highest BCUT2D eigenvalue weighted by Crippen LogP contribution is 2.18. The van der Waals surface area contributed by atoms with Crippen LogP contribution in [-0.2, 0) is 27.8 Å². The van der Waals surface area contributed by atoms with Gasteiger partial charge in [-0.25, -0.2) is 18.2 Å². The van der Waals surface area contributed by atoms with Crippen LogP contribution in [0.4, 0.5) is 5.69 Å². The Morgan fingerprint density at radius 3 is 2.63 bits per heavy atom. The summed E-state index contributed by atoms with van der Waals surface area (Å²) in [6, 6.07) is 14.2. The van der Waals surface area contributed by atoms with E-state index >= 15 is 0 Å². The van der Waals surface area contributed by atoms with Crippen LogP contribution < -0.4 is 4.72 Å². The van der Waals surface area contributed by atoms with Crippen molar-refractivity contribution in [1.29, 1.82) is 0 Å². The van der Waals surface area contributed by atoms with Crippen molar-refractivity contribution < 1.29 is 17.9 Å². The lowest BCUT2D eigenvalue weighted by Crippen LogP contribution is -2.13. The Morgan fingerprint density at radius 2 is 1.93 bits per heavy atom. The van der Waals surface area contributed by atoms with Gasteiger partial charge in [-0.1, -0.05) is 31.2 Å². The average molecular weight is 402 g/mol. The summed E-state index contributed by atoms with van der Waals surface area (Å²) in [4.78, 5) is 16.7. The number of sulfonamides is 1. The zero-order valence-electron chi connectivity index (χ0n) is 14.6. The highest BCUT2D eigenvalue weighted by Gasteiger charge is 2.15. The third-order valence-electron chi connectivity index (χ3n) is 3.66. The maximum absolute atomic E-state index is 12.4. The summed E-state index contributed by atoms with van der Waals surface area (Å²) in [7, 11) is -3.72. The number of nitrogens with one attached hydrogen (secondary N) is 1. The molecule has 0 aliphatic heterocycles. The number of carbonyl (C=O) groups is 1. The number of anilines is 1. The third-order valence-corrected chi connectivity index (χ3v) is 6.10. The molecule has 0 unspecified atom stereocenters. The predicted molar refractivity (Wildman–Crippen MR) is 104 cm³/mol. The summed E-state index contributed by atoms with van der Waals surface area (Å²) in [5, 5.41) is 2.84. The molecule has 2 aromatic carbocycles. The summed E-state index contributed by atoms with van der Waals surface area (Å²) in [6.45, 7) is 2.09. The average Bonchev–Trinajstić information content (AvgIpc) is 3.15. The number of aromatic nitrogens is 1. The number of hydrogen-bond acceptors (Lipinski definition) is 6. The standard InChI is InChI=1S/C19H18N2O4S2/c1-2-18-20-16(13-26-18)12-25-19(22)14-7-6-8-15(11-14)21-27(23,24)17-9-4-3-5-10-17/h3-11,13,21H,2,12H2,1H3. The normalized spacial score (nSPS) is 11.1. The maximum atomic E-state index is 12.4. The second kappa shape index (κ2) is 8.32. The second-order valence-electron chi connectivity index (χ2n) is 5.66. The fourth-order valence-corrected chi connectivity index (χ4v) is 4.12. The third kappa shape index (κ3) is 4.93. The van der Waals surface area contributed by atoms with E-state index < -0.39 is 16.0 Å². The molecule has 0 radical (unpaired) electrons. The largest absolute Gasteiger partial charge is 0.456 e. The molecule has 1 N–H and O–H groups in total. The van der Waals surface area contributed by atoms with Crippen molar-refractivity contribution >= 4 is 33.0 Å². The van der Waals surface area contributed by atoms with E-state index in [9.17, 15) is 13.2 Å². The first-order valence-corrected chi connectivity index (χ1v) is 10.6. The molecule has 0 atom stereocenters. The highest BCUT2D eigenvalue weighted by molar-refractivity contribution is 7.92. The van der Waals surface area contributed by atoms with E-state index in [1.54, 1.807) is 36.4 Å². The lowest BCUT2D eigenvalue weighted by atomic mass is 10.2. The lowest BCUT2D eigenvalue weighted by Gasteiger charge is -2.09. The molecular formula is C19H18N2O4S2. The Kier molecular flexibility index (Phi) is 5.88. The number of carbonyl (C=O) groups excluding carboxylic acids is 1. The zero-order chi connectivity index (χ0) is 19.3. The Hall–Kier alpha value is -2.71. The van der Waals surface area contributed by atoms with Crippen molar-refractivity contribution in [3.63, 3.8) is 0 Å². The SMILES string of the molecule is CCc1nc(COC(=O)c2cccc(NS(=O)(=O)c3ccccc3)c2)cs1. The van der Waals surface area contributed by atoms with Gasteiger partial charge in [0.25, 0.3) is 10.0 Å². The Bertz CT molecular complexity index is 1030. The number of thiazole rings is 1. The summed E-state index contributed by atoms with van der Waals surface area (Å²) >= 11 is 1.52. The lowest BCUT2D eigenvalue weighted by molar-refractivity contribution is 0.0468. The van der Waals surface area contributed by atoms with E-state index in [-0.39, 0.29) is 22.8 Å². The molecule has 0 fully saturated rings. The van der Waals surface area contributed by atoms with Crippen LogP contribution in [0.15, 0.2) is 64.9 Å². The van der Waals surface area contributed by atoms with Crippen molar-refractivity contribution in [1.82, 2.24) is 4.98 Å². The minimum absolute atomic E-state index is 0.0787. The van der Waals surface area contributed by atoms with Crippen molar-refractivity contribution in [3.05, 3.63) is 76.2 Å². The van der Waals surface area contributed by atoms with Gasteiger partial charge in [0.2, 0.25) is 0 Å². The minimum atomic E-state index is -3.72. The van der Waals surface area contributed by atoms with E-state index in [1.165, 1.54) is 29.5 Å². The van der Waals surface area contributed by atoms with Gasteiger partial charge in [0.15, 0.2) is 0 Å². The van der Waals surface area contributed by atoms with E-state index in [4.69, 9.17) is 4.74 Å². The second-order valence-corrected chi connectivity index (χ2v) is 8.29. The van der Waals surface area contributed by atoms with E-state index in [2.05, 4.69) is 9.71 Å². The molecule has 0 spiro atoms. The van der Waals surface area contributed by atoms with E-state index in [0.29, 0.717) is 5.69 Å². The smallest absolute Gasteiger partial charge is 0.338 e. The molecule has 8 heteroatoms. The van der Waals surface area contributed by atoms with Crippen LogP contribution >= 0.6 is 11.3 Å². The molecule has 0 saturated heterocycles. The number of hydrogen-bond donors (Lipinski definition) is 1. The van der Waals surface area contributed by atoms with Gasteiger partial charge in [-0.15, -0.1) is 11.3 Å². The monoisotopic (exact) mass is 402 g/mol. The zero-order valence-corrected chi connectivity index (χ0v) is 16.2. The topological polar surface area (TPSA) is 85.4 Å². The molecular weight excluding hydrogens is 384 g/mol. The maximum Gasteiger partial charge on any atom is 0.338 e. The first-order chi connectivity index (χ1) is 13.0.